The Morgan fingerprint density at radius 2 is 2.08 bits per heavy atom. The summed E-state index contributed by atoms with van der Waals surface area (Å²) < 4.78 is 0. The number of hydrogen-bond acceptors (Lipinski definition) is 2. The Morgan fingerprint density at radius 1 is 1.38 bits per heavy atom. The van der Waals surface area contributed by atoms with E-state index in [0.29, 0.717) is 0 Å². The third kappa shape index (κ3) is 1.61. The zero-order chi connectivity index (χ0) is 9.47. The highest BCUT2D eigenvalue weighted by molar-refractivity contribution is 7.98. The summed E-state index contributed by atoms with van der Waals surface area (Å²) in [5.41, 5.74) is 8.79. The highest BCUT2D eigenvalue weighted by atomic mass is 32.2. The lowest BCUT2D eigenvalue weighted by molar-refractivity contribution is 0.737. The molecule has 0 spiro atoms. The minimum Gasteiger partial charge on any atom is -0.321 e. The molecule has 2 N–H and O–H groups in total. The van der Waals surface area contributed by atoms with E-state index in [1.807, 2.05) is 0 Å². The number of hydrogen-bond donors (Lipinski definition) is 1. The van der Waals surface area contributed by atoms with Gasteiger partial charge in [-0.2, -0.15) is 0 Å². The molecule has 0 bridgehead atoms. The first-order valence-electron chi connectivity index (χ1n) is 4.60. The van der Waals surface area contributed by atoms with Crippen LogP contribution in [0.15, 0.2) is 23.1 Å². The van der Waals surface area contributed by atoms with Crippen molar-refractivity contribution in [3.8, 4) is 0 Å². The topological polar surface area (TPSA) is 26.0 Å². The predicted octanol–water partition coefficient (Wildman–Crippen LogP) is 2.66. The number of nitrogens with two attached hydrogens (primary N) is 1. The lowest BCUT2D eigenvalue weighted by atomic mass is 10.0. The van der Waals surface area contributed by atoms with Crippen LogP contribution in [0.4, 0.5) is 0 Å². The van der Waals surface area contributed by atoms with Crippen molar-refractivity contribution in [2.45, 2.75) is 30.2 Å². The van der Waals surface area contributed by atoms with Gasteiger partial charge in [0.05, 0.1) is 0 Å². The van der Waals surface area contributed by atoms with E-state index in [0.717, 1.165) is 12.8 Å². The van der Waals surface area contributed by atoms with Crippen LogP contribution in [-0.4, -0.2) is 6.26 Å². The summed E-state index contributed by atoms with van der Waals surface area (Å²) in [6.45, 7) is 2.15. The van der Waals surface area contributed by atoms with Crippen molar-refractivity contribution in [2.75, 3.05) is 6.26 Å². The van der Waals surface area contributed by atoms with Crippen LogP contribution in [0.2, 0.25) is 0 Å². The molecule has 0 amide bonds. The van der Waals surface area contributed by atoms with Crippen molar-refractivity contribution in [1.29, 1.82) is 0 Å². The summed E-state index contributed by atoms with van der Waals surface area (Å²) in [4.78, 5) is 1.35. The van der Waals surface area contributed by atoms with Crippen LogP contribution in [0.5, 0.6) is 0 Å². The summed E-state index contributed by atoms with van der Waals surface area (Å²) in [6, 6.07) is 6.59. The van der Waals surface area contributed by atoms with Gasteiger partial charge in [-0.1, -0.05) is 12.1 Å². The molecule has 1 fully saturated rings. The van der Waals surface area contributed by atoms with Crippen LogP contribution in [0.25, 0.3) is 0 Å². The fourth-order valence-corrected chi connectivity index (χ4v) is 2.20. The minimum absolute atomic E-state index is 0.0156. The van der Waals surface area contributed by atoms with E-state index in [1.165, 1.54) is 16.0 Å². The van der Waals surface area contributed by atoms with Gasteiger partial charge in [-0.3, -0.25) is 0 Å². The van der Waals surface area contributed by atoms with Crippen LogP contribution in [-0.2, 0) is 5.54 Å². The van der Waals surface area contributed by atoms with Crippen LogP contribution in [0.3, 0.4) is 0 Å². The third-order valence-electron chi connectivity index (χ3n) is 2.76. The molecule has 1 aromatic rings. The zero-order valence-corrected chi connectivity index (χ0v) is 8.95. The third-order valence-corrected chi connectivity index (χ3v) is 3.66. The predicted molar refractivity (Wildman–Crippen MR) is 58.1 cm³/mol. The molecule has 0 aromatic heterocycles. The Kier molecular flexibility index (Phi) is 2.12. The molecule has 0 aliphatic heterocycles. The van der Waals surface area contributed by atoms with Gasteiger partial charge in [0.15, 0.2) is 0 Å². The molecule has 0 saturated heterocycles. The molecule has 1 aliphatic carbocycles. The molecule has 0 unspecified atom stereocenters. The van der Waals surface area contributed by atoms with Gasteiger partial charge >= 0.3 is 0 Å². The largest absolute Gasteiger partial charge is 0.321 e. The zero-order valence-electron chi connectivity index (χ0n) is 8.13. The normalized spacial score (nSPS) is 18.7. The second-order valence-electron chi connectivity index (χ2n) is 3.84. The Labute approximate surface area is 83.7 Å². The number of rotatable bonds is 2. The quantitative estimate of drug-likeness (QED) is 0.731. The minimum atomic E-state index is 0.0156. The molecule has 70 valence electrons. The summed E-state index contributed by atoms with van der Waals surface area (Å²) in [7, 11) is 0. The van der Waals surface area contributed by atoms with Crippen molar-refractivity contribution in [1.82, 2.24) is 0 Å². The second-order valence-corrected chi connectivity index (χ2v) is 4.69. The van der Waals surface area contributed by atoms with Gasteiger partial charge in [-0.25, -0.2) is 0 Å². The van der Waals surface area contributed by atoms with Gasteiger partial charge in [-0.15, -0.1) is 11.8 Å². The number of thioether (sulfide) groups is 1. The lowest BCUT2D eigenvalue weighted by Crippen LogP contribution is -2.18. The van der Waals surface area contributed by atoms with Crippen molar-refractivity contribution in [2.24, 2.45) is 5.73 Å². The van der Waals surface area contributed by atoms with E-state index in [-0.39, 0.29) is 5.54 Å². The SMILES string of the molecule is CSc1ccc(C2(N)CC2)cc1C. The Hall–Kier alpha value is -0.470. The van der Waals surface area contributed by atoms with Crippen molar-refractivity contribution >= 4 is 11.8 Å². The van der Waals surface area contributed by atoms with Crippen LogP contribution >= 0.6 is 11.8 Å². The highest BCUT2D eigenvalue weighted by Crippen LogP contribution is 2.43. The molecule has 0 atom stereocenters. The Bertz CT molecular complexity index is 329. The molecule has 1 nitrogen and oxygen atoms in total. The van der Waals surface area contributed by atoms with Gasteiger partial charge in [0.2, 0.25) is 0 Å². The van der Waals surface area contributed by atoms with Gasteiger partial charge in [-0.05, 0) is 43.2 Å². The number of aryl methyl sites for hydroxylation is 1. The molecule has 1 saturated carbocycles. The maximum absolute atomic E-state index is 6.12. The molecule has 1 aromatic carbocycles. The maximum Gasteiger partial charge on any atom is 0.0411 e. The summed E-state index contributed by atoms with van der Waals surface area (Å²) >= 11 is 1.79. The van der Waals surface area contributed by atoms with Crippen molar-refractivity contribution < 1.29 is 0 Å². The molecule has 2 rings (SSSR count). The first-order chi connectivity index (χ1) is 6.15. The van der Waals surface area contributed by atoms with Crippen LogP contribution in [0, 0.1) is 6.92 Å². The number of benzene rings is 1. The summed E-state index contributed by atoms with van der Waals surface area (Å²) in [5.74, 6) is 0. The second kappa shape index (κ2) is 3.03. The van der Waals surface area contributed by atoms with Gasteiger partial charge in [0.25, 0.3) is 0 Å². The van der Waals surface area contributed by atoms with E-state index in [2.05, 4.69) is 31.4 Å². The lowest BCUT2D eigenvalue weighted by Gasteiger charge is -2.11. The molecule has 13 heavy (non-hydrogen) atoms. The standard InChI is InChI=1S/C11H15NS/c1-8-7-9(11(12)5-6-11)3-4-10(8)13-2/h3-4,7H,5-6,12H2,1-2H3. The molecular weight excluding hydrogens is 178 g/mol. The molecule has 0 heterocycles. The first-order valence-corrected chi connectivity index (χ1v) is 5.82. The monoisotopic (exact) mass is 193 g/mol. The fourth-order valence-electron chi connectivity index (χ4n) is 1.61. The molecule has 0 radical (unpaired) electrons. The van der Waals surface area contributed by atoms with E-state index in [1.54, 1.807) is 11.8 Å². The average molecular weight is 193 g/mol. The highest BCUT2D eigenvalue weighted by Gasteiger charge is 2.39. The van der Waals surface area contributed by atoms with Gasteiger partial charge in [0.1, 0.15) is 0 Å². The van der Waals surface area contributed by atoms with Gasteiger partial charge in [0, 0.05) is 10.4 Å². The smallest absolute Gasteiger partial charge is 0.0411 e. The Morgan fingerprint density at radius 3 is 2.54 bits per heavy atom. The van der Waals surface area contributed by atoms with Crippen LogP contribution in [0.1, 0.15) is 24.0 Å². The Balaban J connectivity index is 2.36. The summed E-state index contributed by atoms with van der Waals surface area (Å²) in [6.07, 6.45) is 4.40. The average Bonchev–Trinajstić information content (AvgIpc) is 2.85. The van der Waals surface area contributed by atoms with Crippen molar-refractivity contribution in [3.63, 3.8) is 0 Å². The fraction of sp³-hybridized carbons (Fsp3) is 0.455. The van der Waals surface area contributed by atoms with E-state index in [9.17, 15) is 0 Å². The van der Waals surface area contributed by atoms with E-state index in [4.69, 9.17) is 5.73 Å². The van der Waals surface area contributed by atoms with Crippen molar-refractivity contribution in [3.05, 3.63) is 29.3 Å². The van der Waals surface area contributed by atoms with Crippen LogP contribution < -0.4 is 5.73 Å². The van der Waals surface area contributed by atoms with E-state index >= 15 is 0 Å². The molecular formula is C11H15NS. The molecule has 2 heteroatoms. The van der Waals surface area contributed by atoms with E-state index < -0.39 is 0 Å². The summed E-state index contributed by atoms with van der Waals surface area (Å²) in [5, 5.41) is 0. The first kappa shape index (κ1) is 9.10. The molecule has 1 aliphatic rings. The van der Waals surface area contributed by atoms with Gasteiger partial charge < -0.3 is 5.73 Å². The maximum atomic E-state index is 6.12.